The smallest absolute Gasteiger partial charge is 0.269 e. The van der Waals surface area contributed by atoms with Gasteiger partial charge in [0.05, 0.1) is 19.1 Å². The summed E-state index contributed by atoms with van der Waals surface area (Å²) in [7, 11) is 5.26. The van der Waals surface area contributed by atoms with E-state index >= 15 is 0 Å². The van der Waals surface area contributed by atoms with Crippen molar-refractivity contribution in [3.8, 4) is 11.5 Å². The first kappa shape index (κ1) is 17.7. The quantitative estimate of drug-likeness (QED) is 0.574. The minimum Gasteiger partial charge on any atom is -0.493 e. The summed E-state index contributed by atoms with van der Waals surface area (Å²) in [6, 6.07) is 10.6. The van der Waals surface area contributed by atoms with E-state index in [0.717, 1.165) is 29.0 Å². The van der Waals surface area contributed by atoms with E-state index in [2.05, 4.69) is 4.90 Å². The van der Waals surface area contributed by atoms with Crippen LogP contribution in [0.1, 0.15) is 16.7 Å². The van der Waals surface area contributed by atoms with Crippen molar-refractivity contribution >= 4 is 5.69 Å². The number of nitrogens with zero attached hydrogens (tertiary/aromatic N) is 2. The highest BCUT2D eigenvalue weighted by atomic mass is 16.6. The monoisotopic (exact) mass is 330 g/mol. The second-order valence-electron chi connectivity index (χ2n) is 5.73. The van der Waals surface area contributed by atoms with E-state index in [9.17, 15) is 10.1 Å². The summed E-state index contributed by atoms with van der Waals surface area (Å²) < 4.78 is 10.7. The van der Waals surface area contributed by atoms with E-state index in [1.54, 1.807) is 26.4 Å². The van der Waals surface area contributed by atoms with Gasteiger partial charge in [0, 0.05) is 25.2 Å². The van der Waals surface area contributed by atoms with Crippen molar-refractivity contribution in [2.24, 2.45) is 0 Å². The average Bonchev–Trinajstić information content (AvgIpc) is 2.56. The fraction of sp³-hybridized carbons (Fsp3) is 0.333. The summed E-state index contributed by atoms with van der Waals surface area (Å²) in [5.41, 5.74) is 3.42. The van der Waals surface area contributed by atoms with E-state index in [0.29, 0.717) is 12.3 Å². The molecule has 0 heterocycles. The fourth-order valence-electron chi connectivity index (χ4n) is 2.57. The molecule has 2 aromatic rings. The molecule has 0 spiro atoms. The van der Waals surface area contributed by atoms with Crippen LogP contribution in [0, 0.1) is 17.0 Å². The molecule has 0 fully saturated rings. The van der Waals surface area contributed by atoms with Gasteiger partial charge in [-0.15, -0.1) is 0 Å². The third-order valence-electron chi connectivity index (χ3n) is 3.88. The largest absolute Gasteiger partial charge is 0.493 e. The lowest BCUT2D eigenvalue weighted by molar-refractivity contribution is -0.384. The first-order valence-electron chi connectivity index (χ1n) is 7.58. The first-order chi connectivity index (χ1) is 11.4. The van der Waals surface area contributed by atoms with Crippen molar-refractivity contribution in [3.63, 3.8) is 0 Å². The number of ether oxygens (including phenoxy) is 2. The molecule has 0 saturated carbocycles. The van der Waals surface area contributed by atoms with Gasteiger partial charge in [-0.3, -0.25) is 15.0 Å². The number of hydrogen-bond donors (Lipinski definition) is 0. The normalized spacial score (nSPS) is 10.7. The predicted octanol–water partition coefficient (Wildman–Crippen LogP) is 3.55. The van der Waals surface area contributed by atoms with Gasteiger partial charge in [0.2, 0.25) is 0 Å². The number of aryl methyl sites for hydroxylation is 1. The van der Waals surface area contributed by atoms with Gasteiger partial charge in [-0.05, 0) is 42.8 Å². The third-order valence-corrected chi connectivity index (χ3v) is 3.88. The van der Waals surface area contributed by atoms with Gasteiger partial charge in [-0.1, -0.05) is 12.1 Å². The Hall–Kier alpha value is -2.60. The van der Waals surface area contributed by atoms with Gasteiger partial charge in [0.25, 0.3) is 5.69 Å². The lowest BCUT2D eigenvalue weighted by Crippen LogP contribution is -2.18. The van der Waals surface area contributed by atoms with Crippen LogP contribution in [0.5, 0.6) is 11.5 Å². The van der Waals surface area contributed by atoms with Crippen LogP contribution in [-0.2, 0) is 13.1 Å². The van der Waals surface area contributed by atoms with Crippen molar-refractivity contribution in [1.29, 1.82) is 0 Å². The van der Waals surface area contributed by atoms with Crippen LogP contribution in [0.15, 0.2) is 36.4 Å². The number of benzene rings is 2. The number of non-ortho nitro benzene ring substituents is 1. The van der Waals surface area contributed by atoms with Crippen LogP contribution in [0.25, 0.3) is 0 Å². The van der Waals surface area contributed by atoms with E-state index in [-0.39, 0.29) is 10.6 Å². The molecule has 0 unspecified atom stereocenters. The van der Waals surface area contributed by atoms with Gasteiger partial charge >= 0.3 is 0 Å². The molecule has 0 radical (unpaired) electrons. The van der Waals surface area contributed by atoms with Crippen LogP contribution in [-0.4, -0.2) is 31.1 Å². The molecule has 0 bridgehead atoms. The Labute approximate surface area is 141 Å². The van der Waals surface area contributed by atoms with Crippen molar-refractivity contribution < 1.29 is 14.4 Å². The second-order valence-corrected chi connectivity index (χ2v) is 5.73. The fourth-order valence-corrected chi connectivity index (χ4v) is 2.57. The van der Waals surface area contributed by atoms with Gasteiger partial charge in [0.15, 0.2) is 11.5 Å². The second kappa shape index (κ2) is 7.79. The molecule has 0 aliphatic heterocycles. The molecule has 128 valence electrons. The Morgan fingerprint density at radius 2 is 1.62 bits per heavy atom. The van der Waals surface area contributed by atoms with Gasteiger partial charge in [-0.25, -0.2) is 0 Å². The molecule has 6 heteroatoms. The van der Waals surface area contributed by atoms with Crippen molar-refractivity contribution in [2.45, 2.75) is 20.0 Å². The molecule has 6 nitrogen and oxygen atoms in total. The molecule has 24 heavy (non-hydrogen) atoms. The minimum atomic E-state index is -0.388. The number of rotatable bonds is 7. The van der Waals surface area contributed by atoms with E-state index in [1.807, 2.05) is 26.1 Å². The van der Waals surface area contributed by atoms with E-state index in [4.69, 9.17) is 9.47 Å². The van der Waals surface area contributed by atoms with Crippen molar-refractivity contribution in [3.05, 3.63) is 63.2 Å². The maximum Gasteiger partial charge on any atom is 0.269 e. The molecule has 2 rings (SSSR count). The topological polar surface area (TPSA) is 64.8 Å². The lowest BCUT2D eigenvalue weighted by Gasteiger charge is -2.19. The van der Waals surface area contributed by atoms with Crippen LogP contribution in [0.3, 0.4) is 0 Å². The maximum absolute atomic E-state index is 10.7. The molecular weight excluding hydrogens is 308 g/mol. The summed E-state index contributed by atoms with van der Waals surface area (Å²) >= 11 is 0. The van der Waals surface area contributed by atoms with Gasteiger partial charge in [0.1, 0.15) is 0 Å². The average molecular weight is 330 g/mol. The van der Waals surface area contributed by atoms with Crippen LogP contribution < -0.4 is 9.47 Å². The highest BCUT2D eigenvalue weighted by Gasteiger charge is 2.11. The highest BCUT2D eigenvalue weighted by molar-refractivity contribution is 5.47. The predicted molar refractivity (Wildman–Crippen MR) is 92.6 cm³/mol. The Morgan fingerprint density at radius 1 is 1.04 bits per heavy atom. The zero-order chi connectivity index (χ0) is 17.7. The van der Waals surface area contributed by atoms with Crippen molar-refractivity contribution in [1.82, 2.24) is 4.90 Å². The number of nitro groups is 1. The van der Waals surface area contributed by atoms with Crippen LogP contribution in [0.2, 0.25) is 0 Å². The summed E-state index contributed by atoms with van der Waals surface area (Å²) in [6.07, 6.45) is 0. The molecular formula is C18H22N2O4. The van der Waals surface area contributed by atoms with Gasteiger partial charge < -0.3 is 9.47 Å². The molecule has 0 N–H and O–H groups in total. The van der Waals surface area contributed by atoms with Gasteiger partial charge in [-0.2, -0.15) is 0 Å². The molecule has 0 aromatic heterocycles. The summed E-state index contributed by atoms with van der Waals surface area (Å²) in [6.45, 7) is 3.48. The first-order valence-corrected chi connectivity index (χ1v) is 7.58. The Bertz CT molecular complexity index is 714. The minimum absolute atomic E-state index is 0.108. The molecule has 2 aromatic carbocycles. The molecule has 0 amide bonds. The molecule has 0 atom stereocenters. The van der Waals surface area contributed by atoms with E-state index < -0.39 is 0 Å². The Balaban J connectivity index is 2.09. The summed E-state index contributed by atoms with van der Waals surface area (Å²) in [4.78, 5) is 12.5. The number of hydrogen-bond acceptors (Lipinski definition) is 5. The van der Waals surface area contributed by atoms with Crippen LogP contribution >= 0.6 is 0 Å². The van der Waals surface area contributed by atoms with Crippen LogP contribution in [0.4, 0.5) is 5.69 Å². The van der Waals surface area contributed by atoms with Crippen molar-refractivity contribution in [2.75, 3.05) is 21.3 Å². The number of nitro benzene ring substituents is 1. The highest BCUT2D eigenvalue weighted by Crippen LogP contribution is 2.30. The Kier molecular flexibility index (Phi) is 5.76. The maximum atomic E-state index is 10.7. The zero-order valence-electron chi connectivity index (χ0n) is 14.4. The standard InChI is InChI=1S/C18H22N2O4/c1-13-9-17(23-3)18(24-4)10-15(13)12-19(2)11-14-5-7-16(8-6-14)20(21)22/h5-10H,11-12H2,1-4H3. The lowest BCUT2D eigenvalue weighted by atomic mass is 10.1. The molecule has 0 aliphatic carbocycles. The van der Waals surface area contributed by atoms with E-state index in [1.165, 1.54) is 12.1 Å². The summed E-state index contributed by atoms with van der Waals surface area (Å²) in [5, 5.41) is 10.7. The molecule has 0 saturated heterocycles. The zero-order valence-corrected chi connectivity index (χ0v) is 14.4. The Morgan fingerprint density at radius 3 is 2.17 bits per heavy atom. The number of methoxy groups -OCH3 is 2. The SMILES string of the molecule is COc1cc(C)c(CN(C)Cc2ccc([N+](=O)[O-])cc2)cc1OC. The third kappa shape index (κ3) is 4.23. The molecule has 0 aliphatic rings. The summed E-state index contributed by atoms with van der Waals surface area (Å²) in [5.74, 6) is 1.43.